The van der Waals surface area contributed by atoms with Gasteiger partial charge in [0, 0.05) is 13.1 Å². The maximum Gasteiger partial charge on any atom is 0.235 e. The first-order valence-electron chi connectivity index (χ1n) is 9.20. The van der Waals surface area contributed by atoms with Gasteiger partial charge >= 0.3 is 0 Å². The molecule has 3 rings (SSSR count). The van der Waals surface area contributed by atoms with Crippen molar-refractivity contribution < 1.29 is 13.2 Å². The second kappa shape index (κ2) is 8.20. The Balaban J connectivity index is 1.70. The number of benzene rings is 1. The van der Waals surface area contributed by atoms with Crippen molar-refractivity contribution in [3.8, 4) is 5.69 Å². The molecular weight excluding hydrogens is 398 g/mol. The van der Waals surface area contributed by atoms with Crippen molar-refractivity contribution in [3.05, 3.63) is 29.8 Å². The molecule has 2 aromatic rings. The number of carbonyl (C=O) groups excluding carboxylic acids is 1. The second-order valence-electron chi connectivity index (χ2n) is 7.39. The van der Waals surface area contributed by atoms with Gasteiger partial charge < -0.3 is 4.90 Å². The Kier molecular flexibility index (Phi) is 6.09. The second-order valence-corrected chi connectivity index (χ2v) is 10.9. The molecule has 8 nitrogen and oxygen atoms in total. The minimum Gasteiger partial charge on any atom is -0.341 e. The maximum atomic E-state index is 12.8. The third-order valence-corrected chi connectivity index (χ3v) is 7.75. The predicted molar refractivity (Wildman–Crippen MR) is 108 cm³/mol. The van der Waals surface area contributed by atoms with Crippen LogP contribution in [0.2, 0.25) is 0 Å². The number of hydrogen-bond donors (Lipinski definition) is 0. The SMILES string of the molecule is CC(C)c1ccc(-n2nnnc2S[C@H](C)C(=O)N(C)[C@@H]2CCS(=O)(=O)C2)cc1. The van der Waals surface area contributed by atoms with Crippen LogP contribution in [0.1, 0.15) is 38.7 Å². The minimum atomic E-state index is -3.04. The Hall–Kier alpha value is -1.94. The molecule has 0 N–H and O–H groups in total. The fraction of sp³-hybridized carbons (Fsp3) is 0.556. The van der Waals surface area contributed by atoms with E-state index in [1.807, 2.05) is 24.3 Å². The van der Waals surface area contributed by atoms with Gasteiger partial charge in [0.1, 0.15) is 0 Å². The molecule has 152 valence electrons. The van der Waals surface area contributed by atoms with E-state index in [-0.39, 0.29) is 23.5 Å². The molecule has 1 saturated heterocycles. The van der Waals surface area contributed by atoms with E-state index < -0.39 is 15.1 Å². The van der Waals surface area contributed by atoms with Gasteiger partial charge in [0.2, 0.25) is 11.1 Å². The van der Waals surface area contributed by atoms with Crippen LogP contribution in [0.3, 0.4) is 0 Å². The van der Waals surface area contributed by atoms with Crippen LogP contribution in [0, 0.1) is 0 Å². The zero-order valence-corrected chi connectivity index (χ0v) is 18.1. The fourth-order valence-corrected chi connectivity index (χ4v) is 5.85. The van der Waals surface area contributed by atoms with Gasteiger partial charge in [0.05, 0.1) is 22.4 Å². The molecule has 0 spiro atoms. The number of rotatable bonds is 6. The molecule has 1 aromatic carbocycles. The van der Waals surface area contributed by atoms with Crippen LogP contribution in [0.5, 0.6) is 0 Å². The summed E-state index contributed by atoms with van der Waals surface area (Å²) in [7, 11) is -1.37. The number of nitrogens with zero attached hydrogens (tertiary/aromatic N) is 5. The van der Waals surface area contributed by atoms with E-state index in [1.165, 1.54) is 17.3 Å². The lowest BCUT2D eigenvalue weighted by Gasteiger charge is -2.26. The van der Waals surface area contributed by atoms with Gasteiger partial charge in [0.25, 0.3) is 0 Å². The van der Waals surface area contributed by atoms with E-state index in [4.69, 9.17) is 0 Å². The highest BCUT2D eigenvalue weighted by atomic mass is 32.2. The summed E-state index contributed by atoms with van der Waals surface area (Å²) in [5.41, 5.74) is 2.05. The van der Waals surface area contributed by atoms with E-state index in [1.54, 1.807) is 23.6 Å². The lowest BCUT2D eigenvalue weighted by molar-refractivity contribution is -0.130. The van der Waals surface area contributed by atoms with Crippen LogP contribution in [-0.2, 0) is 14.6 Å². The van der Waals surface area contributed by atoms with Crippen LogP contribution in [0.25, 0.3) is 5.69 Å². The lowest BCUT2D eigenvalue weighted by atomic mass is 10.0. The molecule has 0 unspecified atom stereocenters. The maximum absolute atomic E-state index is 12.8. The first-order chi connectivity index (χ1) is 13.2. The van der Waals surface area contributed by atoms with E-state index in [2.05, 4.69) is 29.4 Å². The number of carbonyl (C=O) groups is 1. The van der Waals surface area contributed by atoms with E-state index in [0.29, 0.717) is 17.5 Å². The largest absolute Gasteiger partial charge is 0.341 e. The van der Waals surface area contributed by atoms with Crippen LogP contribution < -0.4 is 0 Å². The smallest absolute Gasteiger partial charge is 0.235 e. The number of thioether (sulfide) groups is 1. The first-order valence-corrected chi connectivity index (χ1v) is 11.9. The Morgan fingerprint density at radius 3 is 2.50 bits per heavy atom. The number of amides is 1. The van der Waals surface area contributed by atoms with E-state index in [9.17, 15) is 13.2 Å². The number of sulfone groups is 1. The molecule has 0 saturated carbocycles. The number of aromatic nitrogens is 4. The van der Waals surface area contributed by atoms with Crippen LogP contribution >= 0.6 is 11.8 Å². The molecule has 28 heavy (non-hydrogen) atoms. The van der Waals surface area contributed by atoms with Gasteiger partial charge in [-0.2, -0.15) is 4.68 Å². The topological polar surface area (TPSA) is 98.1 Å². The summed E-state index contributed by atoms with van der Waals surface area (Å²) in [6, 6.07) is 7.73. The number of hydrogen-bond acceptors (Lipinski definition) is 7. The van der Waals surface area contributed by atoms with Crippen molar-refractivity contribution in [1.82, 2.24) is 25.1 Å². The van der Waals surface area contributed by atoms with Crippen molar-refractivity contribution in [1.29, 1.82) is 0 Å². The molecule has 1 fully saturated rings. The summed E-state index contributed by atoms with van der Waals surface area (Å²) >= 11 is 1.26. The van der Waals surface area contributed by atoms with Gasteiger partial charge in [0.15, 0.2) is 9.84 Å². The third-order valence-electron chi connectivity index (χ3n) is 4.98. The molecule has 1 aliphatic heterocycles. The highest BCUT2D eigenvalue weighted by Crippen LogP contribution is 2.26. The van der Waals surface area contributed by atoms with E-state index in [0.717, 1.165) is 5.69 Å². The van der Waals surface area contributed by atoms with Gasteiger partial charge in [-0.1, -0.05) is 37.7 Å². The Bertz CT molecular complexity index is 940. The molecular formula is C18H25N5O3S2. The average Bonchev–Trinajstić information content (AvgIpc) is 3.26. The Morgan fingerprint density at radius 1 is 1.25 bits per heavy atom. The lowest BCUT2D eigenvalue weighted by Crippen LogP contribution is -2.41. The Labute approximate surface area is 169 Å². The van der Waals surface area contributed by atoms with Crippen LogP contribution in [-0.4, -0.2) is 69.3 Å². The zero-order chi connectivity index (χ0) is 20.5. The average molecular weight is 424 g/mol. The summed E-state index contributed by atoms with van der Waals surface area (Å²) in [4.78, 5) is 14.3. The van der Waals surface area contributed by atoms with Gasteiger partial charge in [-0.3, -0.25) is 4.79 Å². The van der Waals surface area contributed by atoms with Gasteiger partial charge in [-0.25, -0.2) is 8.42 Å². The van der Waals surface area contributed by atoms with Crippen molar-refractivity contribution in [2.45, 2.75) is 49.6 Å². The first kappa shape index (κ1) is 20.8. The summed E-state index contributed by atoms with van der Waals surface area (Å²) < 4.78 is 25.0. The van der Waals surface area contributed by atoms with Crippen molar-refractivity contribution >= 4 is 27.5 Å². The third kappa shape index (κ3) is 4.54. The summed E-state index contributed by atoms with van der Waals surface area (Å²) in [6.07, 6.45) is 0.488. The molecule has 0 aliphatic carbocycles. The monoisotopic (exact) mass is 423 g/mol. The standard InChI is InChI=1S/C18H25N5O3S2/c1-12(2)14-5-7-15(8-6-14)23-18(19-20-21-23)27-13(3)17(24)22(4)16-9-10-28(25,26)11-16/h5-8,12-13,16H,9-11H2,1-4H3/t13-,16-/m1/s1. The quantitative estimate of drug-likeness (QED) is 0.655. The molecule has 1 aromatic heterocycles. The minimum absolute atomic E-state index is 0.0343. The zero-order valence-electron chi connectivity index (χ0n) is 16.4. The fourth-order valence-electron chi connectivity index (χ4n) is 3.17. The number of tetrazole rings is 1. The molecule has 1 amide bonds. The van der Waals surface area contributed by atoms with Crippen molar-refractivity contribution in [2.24, 2.45) is 0 Å². The molecule has 2 atom stereocenters. The van der Waals surface area contributed by atoms with Crippen molar-refractivity contribution in [2.75, 3.05) is 18.6 Å². The van der Waals surface area contributed by atoms with Crippen LogP contribution in [0.4, 0.5) is 0 Å². The molecule has 2 heterocycles. The highest BCUT2D eigenvalue weighted by Gasteiger charge is 2.34. The molecule has 1 aliphatic rings. The van der Waals surface area contributed by atoms with Crippen molar-refractivity contribution in [3.63, 3.8) is 0 Å². The summed E-state index contributed by atoms with van der Waals surface area (Å²) in [5, 5.41) is 11.9. The molecule has 0 radical (unpaired) electrons. The normalized spacial score (nSPS) is 19.7. The Morgan fingerprint density at radius 2 is 1.93 bits per heavy atom. The summed E-state index contributed by atoms with van der Waals surface area (Å²) in [6.45, 7) is 6.05. The van der Waals surface area contributed by atoms with Gasteiger partial charge in [-0.15, -0.1) is 5.10 Å². The molecule has 0 bridgehead atoms. The van der Waals surface area contributed by atoms with Crippen LogP contribution in [0.15, 0.2) is 29.4 Å². The summed E-state index contributed by atoms with van der Waals surface area (Å²) in [5.74, 6) is 0.481. The molecule has 10 heteroatoms. The van der Waals surface area contributed by atoms with E-state index >= 15 is 0 Å². The highest BCUT2D eigenvalue weighted by molar-refractivity contribution is 8.00. The van der Waals surface area contributed by atoms with Gasteiger partial charge in [-0.05, 0) is 47.4 Å². The predicted octanol–water partition coefficient (Wildman–Crippen LogP) is 1.91.